The molecule has 2 aliphatic rings. The van der Waals surface area contributed by atoms with Crippen LogP contribution in [-0.2, 0) is 11.2 Å². The van der Waals surface area contributed by atoms with Gasteiger partial charge in [0.2, 0.25) is 0 Å². The van der Waals surface area contributed by atoms with Crippen LogP contribution in [0.5, 0.6) is 0 Å². The number of carbonyl (C=O) groups excluding carboxylic acids is 1. The normalized spacial score (nSPS) is 24.2. The molecule has 28 heavy (non-hydrogen) atoms. The van der Waals surface area contributed by atoms with E-state index in [1.54, 1.807) is 0 Å². The zero-order chi connectivity index (χ0) is 19.9. The van der Waals surface area contributed by atoms with Crippen molar-refractivity contribution in [1.29, 1.82) is 0 Å². The van der Waals surface area contributed by atoms with Crippen LogP contribution in [0.4, 0.5) is 4.79 Å². The second-order valence-corrected chi connectivity index (χ2v) is 8.10. The van der Waals surface area contributed by atoms with E-state index in [1.165, 1.54) is 5.56 Å². The first kappa shape index (κ1) is 20.6. The lowest BCUT2D eigenvalue weighted by molar-refractivity contribution is -0.139. The molecule has 6 nitrogen and oxygen atoms in total. The van der Waals surface area contributed by atoms with Crippen LogP contribution in [0.1, 0.15) is 51.0 Å². The van der Waals surface area contributed by atoms with Crippen molar-refractivity contribution in [2.75, 3.05) is 19.6 Å². The summed E-state index contributed by atoms with van der Waals surface area (Å²) in [6.45, 7) is 3.64. The van der Waals surface area contributed by atoms with E-state index in [4.69, 9.17) is 5.11 Å². The molecule has 0 bridgehead atoms. The molecule has 1 aliphatic heterocycles. The van der Waals surface area contributed by atoms with Gasteiger partial charge in [0, 0.05) is 24.7 Å². The Hall–Kier alpha value is -2.08. The fourth-order valence-electron chi connectivity index (χ4n) is 4.52. The zero-order valence-corrected chi connectivity index (χ0v) is 16.8. The molecule has 6 heteroatoms. The quantitative estimate of drug-likeness (QED) is 0.683. The van der Waals surface area contributed by atoms with Crippen LogP contribution < -0.4 is 5.32 Å². The molecule has 154 valence electrons. The molecule has 2 amide bonds. The number of urea groups is 1. The number of hydrogen-bond donors (Lipinski definition) is 2. The van der Waals surface area contributed by atoms with E-state index in [9.17, 15) is 9.59 Å². The van der Waals surface area contributed by atoms with Crippen molar-refractivity contribution in [3.8, 4) is 0 Å². The van der Waals surface area contributed by atoms with E-state index in [2.05, 4.69) is 29.6 Å². The van der Waals surface area contributed by atoms with Gasteiger partial charge in [-0.2, -0.15) is 0 Å². The Morgan fingerprint density at radius 1 is 1.25 bits per heavy atom. The molecule has 1 atom stereocenters. The van der Waals surface area contributed by atoms with Crippen LogP contribution in [0.25, 0.3) is 0 Å². The number of aryl methyl sites for hydroxylation is 1. The highest BCUT2D eigenvalue weighted by molar-refractivity contribution is 5.75. The summed E-state index contributed by atoms with van der Waals surface area (Å²) in [5.74, 6) is -0.787. The van der Waals surface area contributed by atoms with E-state index in [-0.39, 0.29) is 24.7 Å². The molecule has 2 fully saturated rings. The number of benzene rings is 1. The van der Waals surface area contributed by atoms with Gasteiger partial charge in [-0.3, -0.25) is 9.69 Å². The third-order valence-corrected chi connectivity index (χ3v) is 6.19. The van der Waals surface area contributed by atoms with E-state index in [1.807, 2.05) is 22.8 Å². The molecule has 1 aromatic rings. The number of carbonyl (C=O) groups is 2. The van der Waals surface area contributed by atoms with E-state index in [0.717, 1.165) is 58.0 Å². The predicted octanol–water partition coefficient (Wildman–Crippen LogP) is 3.12. The maximum absolute atomic E-state index is 12.7. The smallest absolute Gasteiger partial charge is 0.317 e. The molecule has 1 aliphatic carbocycles. The molecule has 1 heterocycles. The number of amides is 2. The number of rotatable bonds is 9. The van der Waals surface area contributed by atoms with Gasteiger partial charge < -0.3 is 15.3 Å². The van der Waals surface area contributed by atoms with Crippen molar-refractivity contribution in [3.63, 3.8) is 0 Å². The Kier molecular flexibility index (Phi) is 7.31. The van der Waals surface area contributed by atoms with Crippen molar-refractivity contribution in [1.82, 2.24) is 15.1 Å². The van der Waals surface area contributed by atoms with E-state index < -0.39 is 5.97 Å². The van der Waals surface area contributed by atoms with Gasteiger partial charge in [0.25, 0.3) is 0 Å². The Labute approximate surface area is 167 Å². The van der Waals surface area contributed by atoms with Gasteiger partial charge in [0.15, 0.2) is 0 Å². The highest BCUT2D eigenvalue weighted by atomic mass is 16.4. The van der Waals surface area contributed by atoms with Crippen molar-refractivity contribution in [3.05, 3.63) is 35.9 Å². The van der Waals surface area contributed by atoms with Crippen molar-refractivity contribution >= 4 is 12.0 Å². The summed E-state index contributed by atoms with van der Waals surface area (Å²) < 4.78 is 0. The average Bonchev–Trinajstić information content (AvgIpc) is 3.12. The summed E-state index contributed by atoms with van der Waals surface area (Å²) in [5, 5.41) is 12.2. The van der Waals surface area contributed by atoms with Gasteiger partial charge in [-0.1, -0.05) is 37.3 Å². The lowest BCUT2D eigenvalue weighted by atomic mass is 9.85. The summed E-state index contributed by atoms with van der Waals surface area (Å²) in [6.07, 6.45) is 7.09. The largest absolute Gasteiger partial charge is 0.480 e. The minimum absolute atomic E-state index is 0.0620. The van der Waals surface area contributed by atoms with Crippen LogP contribution >= 0.6 is 0 Å². The fourth-order valence-corrected chi connectivity index (χ4v) is 4.52. The van der Waals surface area contributed by atoms with Crippen LogP contribution in [0, 0.1) is 0 Å². The van der Waals surface area contributed by atoms with Gasteiger partial charge in [0.05, 0.1) is 6.54 Å². The Morgan fingerprint density at radius 2 is 2.00 bits per heavy atom. The molecule has 1 unspecified atom stereocenters. The molecule has 2 N–H and O–H groups in total. The van der Waals surface area contributed by atoms with E-state index >= 15 is 0 Å². The van der Waals surface area contributed by atoms with Gasteiger partial charge in [0.1, 0.15) is 0 Å². The van der Waals surface area contributed by atoms with E-state index in [0.29, 0.717) is 6.04 Å². The topological polar surface area (TPSA) is 72.9 Å². The Balaban J connectivity index is 1.39. The van der Waals surface area contributed by atoms with Crippen molar-refractivity contribution < 1.29 is 14.7 Å². The third kappa shape index (κ3) is 5.47. The van der Waals surface area contributed by atoms with Crippen LogP contribution in [0.2, 0.25) is 0 Å². The second-order valence-electron chi connectivity index (χ2n) is 8.10. The standard InChI is InChI=1S/C22H33N3O3/c1-2-24(16-21(26)27)20-14-18(15-20)23-22(28)25-13-7-12-19(25)11-6-10-17-8-4-3-5-9-17/h3-5,8-9,18-20H,2,6-7,10-16H2,1H3,(H,23,28)(H,26,27). The molecule has 0 aromatic heterocycles. The number of carboxylic acids is 1. The lowest BCUT2D eigenvalue weighted by Gasteiger charge is -2.43. The number of carboxylic acid groups (broad SMARTS) is 1. The maximum Gasteiger partial charge on any atom is 0.317 e. The molecule has 0 spiro atoms. The molecule has 1 saturated heterocycles. The highest BCUT2D eigenvalue weighted by Crippen LogP contribution is 2.27. The maximum atomic E-state index is 12.7. The minimum Gasteiger partial charge on any atom is -0.480 e. The van der Waals surface area contributed by atoms with Gasteiger partial charge in [-0.15, -0.1) is 0 Å². The van der Waals surface area contributed by atoms with Crippen LogP contribution in [0.15, 0.2) is 30.3 Å². The molecule has 0 radical (unpaired) electrons. The van der Waals surface area contributed by atoms with Gasteiger partial charge in [-0.05, 0) is 57.1 Å². The predicted molar refractivity (Wildman–Crippen MR) is 109 cm³/mol. The SMILES string of the molecule is CCN(CC(=O)O)C1CC(NC(=O)N2CCCC2CCCc2ccccc2)C1. The Morgan fingerprint density at radius 3 is 2.68 bits per heavy atom. The zero-order valence-electron chi connectivity index (χ0n) is 16.8. The average molecular weight is 388 g/mol. The first-order valence-corrected chi connectivity index (χ1v) is 10.6. The number of nitrogens with one attached hydrogen (secondary N) is 1. The first-order chi connectivity index (χ1) is 13.6. The minimum atomic E-state index is -0.787. The lowest BCUT2D eigenvalue weighted by Crippen LogP contribution is -2.57. The van der Waals surface area contributed by atoms with Crippen molar-refractivity contribution in [2.45, 2.75) is 70.0 Å². The van der Waals surface area contributed by atoms with Crippen LogP contribution in [0.3, 0.4) is 0 Å². The number of likely N-dealkylation sites (N-methyl/N-ethyl adjacent to an activating group) is 1. The van der Waals surface area contributed by atoms with Crippen molar-refractivity contribution in [2.24, 2.45) is 0 Å². The molecule has 1 aromatic carbocycles. The third-order valence-electron chi connectivity index (χ3n) is 6.19. The second kappa shape index (κ2) is 9.92. The summed E-state index contributed by atoms with van der Waals surface area (Å²) in [7, 11) is 0. The number of likely N-dealkylation sites (tertiary alicyclic amines) is 1. The molecular weight excluding hydrogens is 354 g/mol. The molecule has 1 saturated carbocycles. The summed E-state index contributed by atoms with van der Waals surface area (Å²) in [5.41, 5.74) is 1.36. The number of nitrogens with zero attached hydrogens (tertiary/aromatic N) is 2. The summed E-state index contributed by atoms with van der Waals surface area (Å²) in [6, 6.07) is 11.4. The summed E-state index contributed by atoms with van der Waals surface area (Å²) in [4.78, 5) is 27.7. The molecular formula is C22H33N3O3. The monoisotopic (exact) mass is 387 g/mol. The Bertz CT molecular complexity index is 646. The molecule has 3 rings (SSSR count). The summed E-state index contributed by atoms with van der Waals surface area (Å²) >= 11 is 0. The highest BCUT2D eigenvalue weighted by Gasteiger charge is 2.37. The van der Waals surface area contributed by atoms with Gasteiger partial charge >= 0.3 is 12.0 Å². The van der Waals surface area contributed by atoms with Crippen LogP contribution in [-0.4, -0.2) is 64.7 Å². The number of hydrogen-bond acceptors (Lipinski definition) is 3. The fraction of sp³-hybridized carbons (Fsp3) is 0.636. The first-order valence-electron chi connectivity index (χ1n) is 10.6. The van der Waals surface area contributed by atoms with Gasteiger partial charge in [-0.25, -0.2) is 4.79 Å². The number of aliphatic carboxylic acids is 1.